The zero-order valence-corrected chi connectivity index (χ0v) is 15.5. The van der Waals surface area contributed by atoms with E-state index >= 15 is 0 Å². The van der Waals surface area contributed by atoms with Crippen LogP contribution in [0.5, 0.6) is 5.75 Å². The molecule has 3 aromatic rings. The van der Waals surface area contributed by atoms with Gasteiger partial charge in [-0.3, -0.25) is 0 Å². The number of unbranched alkanes of at least 4 members (excludes halogenated alkanes) is 1. The second-order valence-corrected chi connectivity index (χ2v) is 7.69. The standard InChI is InChI=1S/C18H21N3O4S/c1-3-4-11-24-15-8-5-7-14(12-15)13(2)21-26(22,23)17-10-6-9-16-18(17)20-25-19-16/h5-10,12-13,21H,3-4,11H2,1-2H3. The molecule has 0 spiro atoms. The first-order valence-corrected chi connectivity index (χ1v) is 9.96. The molecule has 0 amide bonds. The van der Waals surface area contributed by atoms with Gasteiger partial charge in [-0.25, -0.2) is 17.8 Å². The number of benzene rings is 2. The van der Waals surface area contributed by atoms with Crippen molar-refractivity contribution in [3.63, 3.8) is 0 Å². The van der Waals surface area contributed by atoms with Gasteiger partial charge in [0.25, 0.3) is 0 Å². The second kappa shape index (κ2) is 7.84. The van der Waals surface area contributed by atoms with Gasteiger partial charge in [0.05, 0.1) is 6.61 Å². The van der Waals surface area contributed by atoms with Crippen LogP contribution in [0, 0.1) is 0 Å². The van der Waals surface area contributed by atoms with E-state index in [9.17, 15) is 8.42 Å². The van der Waals surface area contributed by atoms with Crippen LogP contribution in [0.4, 0.5) is 0 Å². The predicted molar refractivity (Wildman–Crippen MR) is 97.4 cm³/mol. The van der Waals surface area contributed by atoms with E-state index in [0.29, 0.717) is 12.1 Å². The Bertz CT molecular complexity index is 985. The van der Waals surface area contributed by atoms with Crippen molar-refractivity contribution in [1.82, 2.24) is 15.0 Å². The van der Waals surface area contributed by atoms with Gasteiger partial charge in [0, 0.05) is 6.04 Å². The molecule has 1 aromatic heterocycles. The lowest BCUT2D eigenvalue weighted by Crippen LogP contribution is -2.27. The fourth-order valence-electron chi connectivity index (χ4n) is 2.57. The van der Waals surface area contributed by atoms with Crippen LogP contribution in [0.15, 0.2) is 52.0 Å². The molecule has 8 heteroatoms. The van der Waals surface area contributed by atoms with E-state index in [4.69, 9.17) is 4.74 Å². The third-order valence-electron chi connectivity index (χ3n) is 4.00. The summed E-state index contributed by atoms with van der Waals surface area (Å²) in [4.78, 5) is 0.0402. The number of sulfonamides is 1. The first-order valence-electron chi connectivity index (χ1n) is 8.47. The van der Waals surface area contributed by atoms with Gasteiger partial charge in [0.2, 0.25) is 10.0 Å². The SMILES string of the molecule is CCCCOc1cccc(C(C)NS(=O)(=O)c2cccc3nonc23)c1. The summed E-state index contributed by atoms with van der Waals surface area (Å²) >= 11 is 0. The molecule has 0 saturated heterocycles. The number of fused-ring (bicyclic) bond motifs is 1. The lowest BCUT2D eigenvalue weighted by molar-refractivity contribution is 0.309. The van der Waals surface area contributed by atoms with E-state index in [0.717, 1.165) is 24.2 Å². The average molecular weight is 375 g/mol. The molecule has 0 bridgehead atoms. The zero-order chi connectivity index (χ0) is 18.6. The summed E-state index contributed by atoms with van der Waals surface area (Å²) in [5, 5.41) is 7.38. The molecule has 0 radical (unpaired) electrons. The van der Waals surface area contributed by atoms with Crippen molar-refractivity contribution >= 4 is 21.1 Å². The molecule has 0 aliphatic heterocycles. The van der Waals surface area contributed by atoms with Crippen LogP contribution in [0.2, 0.25) is 0 Å². The van der Waals surface area contributed by atoms with Crippen molar-refractivity contribution in [3.8, 4) is 5.75 Å². The molecule has 138 valence electrons. The Morgan fingerprint density at radius 3 is 2.81 bits per heavy atom. The fourth-order valence-corrected chi connectivity index (χ4v) is 3.95. The maximum atomic E-state index is 12.8. The lowest BCUT2D eigenvalue weighted by atomic mass is 10.1. The number of aromatic nitrogens is 2. The Balaban J connectivity index is 1.79. The number of nitrogens with zero attached hydrogens (tertiary/aromatic N) is 2. The summed E-state index contributed by atoms with van der Waals surface area (Å²) in [6.45, 7) is 4.52. The molecule has 0 aliphatic rings. The number of hydrogen-bond donors (Lipinski definition) is 1. The minimum Gasteiger partial charge on any atom is -0.494 e. The second-order valence-electron chi connectivity index (χ2n) is 6.01. The highest BCUT2D eigenvalue weighted by molar-refractivity contribution is 7.89. The summed E-state index contributed by atoms with van der Waals surface area (Å²) in [5.41, 5.74) is 1.42. The zero-order valence-electron chi connectivity index (χ0n) is 14.7. The van der Waals surface area contributed by atoms with Crippen LogP contribution in [0.3, 0.4) is 0 Å². The van der Waals surface area contributed by atoms with Gasteiger partial charge in [0.1, 0.15) is 16.2 Å². The predicted octanol–water partition coefficient (Wildman–Crippen LogP) is 3.44. The van der Waals surface area contributed by atoms with Gasteiger partial charge in [-0.05, 0) is 53.5 Å². The summed E-state index contributed by atoms with van der Waals surface area (Å²) in [5.74, 6) is 0.727. The molecular weight excluding hydrogens is 354 g/mol. The van der Waals surface area contributed by atoms with Crippen LogP contribution >= 0.6 is 0 Å². The van der Waals surface area contributed by atoms with Crippen LogP contribution in [-0.4, -0.2) is 25.3 Å². The minimum absolute atomic E-state index is 0.0402. The molecule has 7 nitrogen and oxygen atoms in total. The highest BCUT2D eigenvalue weighted by atomic mass is 32.2. The average Bonchev–Trinajstić information content (AvgIpc) is 3.10. The molecule has 0 saturated carbocycles. The third-order valence-corrected chi connectivity index (χ3v) is 5.57. The molecule has 0 aliphatic carbocycles. The van der Waals surface area contributed by atoms with Gasteiger partial charge >= 0.3 is 0 Å². The normalized spacial score (nSPS) is 13.0. The van der Waals surface area contributed by atoms with Gasteiger partial charge in [-0.15, -0.1) is 0 Å². The van der Waals surface area contributed by atoms with Crippen molar-refractivity contribution in [2.24, 2.45) is 0 Å². The van der Waals surface area contributed by atoms with E-state index < -0.39 is 16.1 Å². The van der Waals surface area contributed by atoms with E-state index in [1.807, 2.05) is 24.3 Å². The quantitative estimate of drug-likeness (QED) is 0.606. The van der Waals surface area contributed by atoms with Gasteiger partial charge in [-0.2, -0.15) is 0 Å². The molecule has 1 atom stereocenters. The van der Waals surface area contributed by atoms with Crippen molar-refractivity contribution < 1.29 is 17.8 Å². The minimum atomic E-state index is -3.79. The van der Waals surface area contributed by atoms with Crippen molar-refractivity contribution in [2.75, 3.05) is 6.61 Å². The number of rotatable bonds is 8. The molecule has 26 heavy (non-hydrogen) atoms. The highest BCUT2D eigenvalue weighted by Crippen LogP contribution is 2.24. The number of ether oxygens (including phenoxy) is 1. The first kappa shape index (κ1) is 18.3. The largest absolute Gasteiger partial charge is 0.494 e. The highest BCUT2D eigenvalue weighted by Gasteiger charge is 2.23. The van der Waals surface area contributed by atoms with Crippen molar-refractivity contribution in [1.29, 1.82) is 0 Å². The molecule has 0 fully saturated rings. The van der Waals surface area contributed by atoms with Crippen molar-refractivity contribution in [3.05, 3.63) is 48.0 Å². The Labute approximate surface area is 152 Å². The Hall–Kier alpha value is -2.45. The van der Waals surface area contributed by atoms with Crippen LogP contribution in [0.25, 0.3) is 11.0 Å². The molecule has 3 rings (SSSR count). The van der Waals surface area contributed by atoms with Gasteiger partial charge in [-0.1, -0.05) is 31.5 Å². The van der Waals surface area contributed by atoms with E-state index in [-0.39, 0.29) is 10.4 Å². The fraction of sp³-hybridized carbons (Fsp3) is 0.333. The maximum absolute atomic E-state index is 12.8. The smallest absolute Gasteiger partial charge is 0.243 e. The van der Waals surface area contributed by atoms with Gasteiger partial charge in [0.15, 0.2) is 5.52 Å². The molecule has 1 heterocycles. The summed E-state index contributed by atoms with van der Waals surface area (Å²) in [6, 6.07) is 11.7. The monoisotopic (exact) mass is 375 g/mol. The Kier molecular flexibility index (Phi) is 5.53. The van der Waals surface area contributed by atoms with E-state index in [1.165, 1.54) is 6.07 Å². The van der Waals surface area contributed by atoms with Crippen LogP contribution < -0.4 is 9.46 Å². The Morgan fingerprint density at radius 1 is 1.19 bits per heavy atom. The summed E-state index contributed by atoms with van der Waals surface area (Å²) in [6.07, 6.45) is 2.03. The third kappa shape index (κ3) is 4.03. The van der Waals surface area contributed by atoms with E-state index in [2.05, 4.69) is 26.6 Å². The maximum Gasteiger partial charge on any atom is 0.243 e. The molecule has 2 aromatic carbocycles. The van der Waals surface area contributed by atoms with Crippen molar-refractivity contribution in [2.45, 2.75) is 37.6 Å². The molecule has 1 unspecified atom stereocenters. The summed E-state index contributed by atoms with van der Waals surface area (Å²) in [7, 11) is -3.79. The van der Waals surface area contributed by atoms with Crippen LogP contribution in [0.1, 0.15) is 38.3 Å². The molecular formula is C18H21N3O4S. The van der Waals surface area contributed by atoms with E-state index in [1.54, 1.807) is 19.1 Å². The van der Waals surface area contributed by atoms with Gasteiger partial charge < -0.3 is 4.74 Å². The van der Waals surface area contributed by atoms with Crippen LogP contribution in [-0.2, 0) is 10.0 Å². The molecule has 1 N–H and O–H groups in total. The first-order chi connectivity index (χ1) is 12.5. The topological polar surface area (TPSA) is 94.3 Å². The lowest BCUT2D eigenvalue weighted by Gasteiger charge is -2.16. The number of hydrogen-bond acceptors (Lipinski definition) is 6. The summed E-state index contributed by atoms with van der Waals surface area (Å²) < 4.78 is 38.6. The Morgan fingerprint density at radius 2 is 2.00 bits per heavy atom. The number of nitrogens with one attached hydrogen (secondary N) is 1.